The number of hydrogen-bond acceptors (Lipinski definition) is 4. The molecule has 6 nitrogen and oxygen atoms in total. The zero-order valence-corrected chi connectivity index (χ0v) is 22.8. The molecule has 9 heteroatoms. The van der Waals surface area contributed by atoms with E-state index in [9.17, 15) is 18.0 Å². The Balaban J connectivity index is 1.55. The minimum Gasteiger partial charge on any atom is -0.354 e. The monoisotopic (exact) mass is 537 g/mol. The Bertz CT molecular complexity index is 1530. The number of rotatable bonds is 6. The molecule has 0 unspecified atom stereocenters. The van der Waals surface area contributed by atoms with Gasteiger partial charge in [0, 0.05) is 47.7 Å². The third-order valence-electron chi connectivity index (χ3n) is 7.73. The number of fused-ring (bicyclic) bond motifs is 1. The molecule has 5 rings (SSSR count). The lowest BCUT2D eigenvalue weighted by atomic mass is 9.87. The van der Waals surface area contributed by atoms with Gasteiger partial charge in [-0.3, -0.25) is 4.79 Å². The molecule has 1 aromatic carbocycles. The lowest BCUT2D eigenvalue weighted by Gasteiger charge is -2.32. The second-order valence-electron chi connectivity index (χ2n) is 10.8. The minimum absolute atomic E-state index is 0.200. The maximum atomic E-state index is 13.0. The van der Waals surface area contributed by atoms with Crippen LogP contribution in [0.15, 0.2) is 47.7 Å². The summed E-state index contributed by atoms with van der Waals surface area (Å²) in [5, 5.41) is 1.17. The zero-order chi connectivity index (χ0) is 27.9. The number of nitrogens with one attached hydrogen (secondary N) is 1. The van der Waals surface area contributed by atoms with Crippen LogP contribution in [0.5, 0.6) is 0 Å². The second-order valence-corrected chi connectivity index (χ2v) is 10.8. The van der Waals surface area contributed by atoms with Crippen molar-refractivity contribution in [1.29, 1.82) is 0 Å². The van der Waals surface area contributed by atoms with Crippen LogP contribution in [0.3, 0.4) is 0 Å². The first-order chi connectivity index (χ1) is 18.6. The number of pyridine rings is 1. The van der Waals surface area contributed by atoms with Crippen molar-refractivity contribution in [3.63, 3.8) is 0 Å². The molecule has 0 radical (unpaired) electrons. The summed E-state index contributed by atoms with van der Waals surface area (Å²) >= 11 is 0. The van der Waals surface area contributed by atoms with Crippen molar-refractivity contribution in [2.24, 2.45) is 7.05 Å². The summed E-state index contributed by atoms with van der Waals surface area (Å²) in [5.74, 6) is -0.501. The molecule has 1 N–H and O–H groups in total. The molecule has 0 atom stereocenters. The first-order valence-electron chi connectivity index (χ1n) is 13.5. The smallest absolute Gasteiger partial charge is 0.354 e. The van der Waals surface area contributed by atoms with Crippen LogP contribution >= 0.6 is 0 Å². The molecule has 39 heavy (non-hydrogen) atoms. The van der Waals surface area contributed by atoms with Gasteiger partial charge in [-0.2, -0.15) is 13.2 Å². The molecule has 1 fully saturated rings. The number of piperidine rings is 1. The van der Waals surface area contributed by atoms with Crippen molar-refractivity contribution in [1.82, 2.24) is 24.4 Å². The van der Waals surface area contributed by atoms with Crippen LogP contribution in [0.4, 0.5) is 13.2 Å². The highest BCUT2D eigenvalue weighted by Crippen LogP contribution is 2.39. The molecule has 0 amide bonds. The number of hydrogen-bond donors (Lipinski definition) is 1. The molecule has 0 bridgehead atoms. The zero-order valence-electron chi connectivity index (χ0n) is 22.8. The van der Waals surface area contributed by atoms with Crippen molar-refractivity contribution in [3.05, 3.63) is 70.2 Å². The molecule has 3 aromatic heterocycles. The van der Waals surface area contributed by atoms with Crippen LogP contribution in [0.1, 0.15) is 68.8 Å². The van der Waals surface area contributed by atoms with Gasteiger partial charge in [-0.05, 0) is 80.1 Å². The van der Waals surface area contributed by atoms with Crippen LogP contribution in [0.25, 0.3) is 33.3 Å². The normalized spacial score (nSPS) is 15.5. The summed E-state index contributed by atoms with van der Waals surface area (Å²) in [6.45, 7) is 9.93. The standard InChI is InChI=1S/C30H34F3N5O/c1-5-10-38-11-8-19(9-12-38)20-6-7-25-24(13-20)26(18(2)3)27(36-25)21-14-23(28(39)37(4)17-21)22-15-34-29(35-16-22)30(31,32)33/h6-7,13-19,36H,5,8-12H2,1-4H3. The predicted octanol–water partition coefficient (Wildman–Crippen LogP) is 6.72. The Morgan fingerprint density at radius 1 is 1.08 bits per heavy atom. The van der Waals surface area contributed by atoms with Crippen molar-refractivity contribution in [2.75, 3.05) is 19.6 Å². The van der Waals surface area contributed by atoms with Crippen molar-refractivity contribution < 1.29 is 13.2 Å². The fraction of sp³-hybridized carbons (Fsp3) is 0.433. The van der Waals surface area contributed by atoms with Gasteiger partial charge < -0.3 is 14.5 Å². The molecule has 206 valence electrons. The average molecular weight is 538 g/mol. The number of nitrogens with zero attached hydrogens (tertiary/aromatic N) is 4. The first kappa shape index (κ1) is 27.1. The van der Waals surface area contributed by atoms with E-state index < -0.39 is 12.0 Å². The number of aryl methyl sites for hydroxylation is 1. The second kappa shape index (κ2) is 10.6. The number of benzene rings is 1. The van der Waals surface area contributed by atoms with E-state index in [1.54, 1.807) is 19.3 Å². The summed E-state index contributed by atoms with van der Waals surface area (Å²) in [6, 6.07) is 8.40. The highest BCUT2D eigenvalue weighted by atomic mass is 19.4. The third-order valence-corrected chi connectivity index (χ3v) is 7.73. The van der Waals surface area contributed by atoms with Gasteiger partial charge in [0.1, 0.15) is 0 Å². The van der Waals surface area contributed by atoms with Crippen LogP contribution in [-0.2, 0) is 13.2 Å². The highest BCUT2D eigenvalue weighted by Gasteiger charge is 2.34. The average Bonchev–Trinajstić information content (AvgIpc) is 3.29. The van der Waals surface area contributed by atoms with E-state index in [1.807, 2.05) is 0 Å². The lowest BCUT2D eigenvalue weighted by Crippen LogP contribution is -2.33. The molecular formula is C30H34F3N5O. The van der Waals surface area contributed by atoms with Gasteiger partial charge >= 0.3 is 6.18 Å². The summed E-state index contributed by atoms with van der Waals surface area (Å²) in [6.07, 6.45) is 2.72. The fourth-order valence-electron chi connectivity index (χ4n) is 5.79. The maximum Gasteiger partial charge on any atom is 0.451 e. The molecule has 0 spiro atoms. The predicted molar refractivity (Wildman–Crippen MR) is 148 cm³/mol. The van der Waals surface area contributed by atoms with Gasteiger partial charge in [0.2, 0.25) is 5.82 Å². The van der Waals surface area contributed by atoms with Crippen LogP contribution < -0.4 is 5.56 Å². The third kappa shape index (κ3) is 5.37. The SMILES string of the molecule is CCCN1CCC(c2ccc3[nH]c(-c4cc(-c5cnc(C(F)(F)F)nc5)c(=O)n(C)c4)c(C(C)C)c3c2)CC1. The Labute approximate surface area is 225 Å². The number of alkyl halides is 3. The molecule has 0 saturated carbocycles. The molecule has 1 aliphatic rings. The number of H-pyrrole nitrogens is 1. The highest BCUT2D eigenvalue weighted by molar-refractivity contribution is 5.92. The first-order valence-corrected chi connectivity index (χ1v) is 13.5. The van der Waals surface area contributed by atoms with E-state index >= 15 is 0 Å². The van der Waals surface area contributed by atoms with E-state index in [1.165, 1.54) is 21.9 Å². The van der Waals surface area contributed by atoms with Gasteiger partial charge in [-0.25, -0.2) is 9.97 Å². The summed E-state index contributed by atoms with van der Waals surface area (Å²) in [7, 11) is 1.64. The number of aromatic nitrogens is 4. The maximum absolute atomic E-state index is 13.0. The van der Waals surface area contributed by atoms with Crippen molar-refractivity contribution in [2.45, 2.75) is 58.0 Å². The quantitative estimate of drug-likeness (QED) is 0.296. The van der Waals surface area contributed by atoms with E-state index in [4.69, 9.17) is 0 Å². The number of likely N-dealkylation sites (tertiary alicyclic amines) is 1. The molecule has 4 aromatic rings. The Morgan fingerprint density at radius 3 is 2.38 bits per heavy atom. The largest absolute Gasteiger partial charge is 0.451 e. The van der Waals surface area contributed by atoms with Crippen molar-refractivity contribution >= 4 is 10.9 Å². The summed E-state index contributed by atoms with van der Waals surface area (Å²) in [5.41, 5.74) is 5.37. The van der Waals surface area contributed by atoms with Gasteiger partial charge in [-0.1, -0.05) is 26.8 Å². The molecule has 1 aliphatic heterocycles. The topological polar surface area (TPSA) is 66.8 Å². The van der Waals surface area contributed by atoms with E-state index in [2.05, 4.69) is 58.8 Å². The Kier molecular flexibility index (Phi) is 7.37. The Hall–Kier alpha value is -3.46. The lowest BCUT2D eigenvalue weighted by molar-refractivity contribution is -0.144. The van der Waals surface area contributed by atoms with E-state index in [0.717, 1.165) is 67.2 Å². The van der Waals surface area contributed by atoms with Crippen molar-refractivity contribution in [3.8, 4) is 22.4 Å². The van der Waals surface area contributed by atoms with Gasteiger partial charge in [0.05, 0.1) is 11.3 Å². The molecule has 4 heterocycles. The van der Waals surface area contributed by atoms with Gasteiger partial charge in [-0.15, -0.1) is 0 Å². The fourth-order valence-corrected chi connectivity index (χ4v) is 5.79. The summed E-state index contributed by atoms with van der Waals surface area (Å²) < 4.78 is 40.4. The van der Waals surface area contributed by atoms with Crippen LogP contribution in [0.2, 0.25) is 0 Å². The molecule has 1 saturated heterocycles. The molecular weight excluding hydrogens is 503 g/mol. The van der Waals surface area contributed by atoms with Crippen LogP contribution in [-0.4, -0.2) is 44.1 Å². The Morgan fingerprint density at radius 2 is 1.77 bits per heavy atom. The van der Waals surface area contributed by atoms with Gasteiger partial charge in [0.15, 0.2) is 0 Å². The number of aromatic amines is 1. The van der Waals surface area contributed by atoms with Crippen LogP contribution in [0, 0.1) is 0 Å². The minimum atomic E-state index is -4.65. The summed E-state index contributed by atoms with van der Waals surface area (Å²) in [4.78, 5) is 26.0. The van der Waals surface area contributed by atoms with E-state index in [-0.39, 0.29) is 22.6 Å². The molecule has 0 aliphatic carbocycles. The van der Waals surface area contributed by atoms with Gasteiger partial charge in [0.25, 0.3) is 5.56 Å². The number of halogens is 3. The van der Waals surface area contributed by atoms with E-state index in [0.29, 0.717) is 5.92 Å².